The number of nitrogens with one attached hydrogen (secondary N) is 1. The molecule has 2 aliphatic heterocycles. The molecule has 150 valence electrons. The Labute approximate surface area is 166 Å². The standard InChI is InChI=1S/C20H29N7O/c1-4-15-11-21-19(22-12-15)27-6-5-17-16(13-27)18(23-14(2)3)25-20(24-17)26-7-9-28-10-8-26/h11-12,14H,4-10,13H2,1-3H3,(H,23,24,25). The molecule has 0 spiro atoms. The van der Waals surface area contributed by atoms with Crippen molar-refractivity contribution in [3.05, 3.63) is 29.2 Å². The minimum atomic E-state index is 0.298. The Hall–Kier alpha value is -2.48. The highest BCUT2D eigenvalue weighted by Gasteiger charge is 2.26. The predicted octanol–water partition coefficient (Wildman–Crippen LogP) is 2.05. The molecule has 28 heavy (non-hydrogen) atoms. The first-order chi connectivity index (χ1) is 13.6. The summed E-state index contributed by atoms with van der Waals surface area (Å²) in [6.45, 7) is 11.1. The highest BCUT2D eigenvalue weighted by Crippen LogP contribution is 2.28. The summed E-state index contributed by atoms with van der Waals surface area (Å²) in [5.74, 6) is 2.51. The number of hydrogen-bond acceptors (Lipinski definition) is 8. The van der Waals surface area contributed by atoms with E-state index >= 15 is 0 Å². The number of rotatable bonds is 5. The van der Waals surface area contributed by atoms with Crippen LogP contribution in [0.1, 0.15) is 37.6 Å². The molecular weight excluding hydrogens is 354 g/mol. The minimum absolute atomic E-state index is 0.298. The van der Waals surface area contributed by atoms with Gasteiger partial charge in [-0.25, -0.2) is 15.0 Å². The van der Waals surface area contributed by atoms with Gasteiger partial charge in [-0.3, -0.25) is 0 Å². The molecule has 1 fully saturated rings. The van der Waals surface area contributed by atoms with Crippen molar-refractivity contribution in [3.63, 3.8) is 0 Å². The van der Waals surface area contributed by atoms with Gasteiger partial charge >= 0.3 is 0 Å². The van der Waals surface area contributed by atoms with Crippen molar-refractivity contribution in [1.29, 1.82) is 0 Å². The SMILES string of the molecule is CCc1cnc(N2CCc3nc(N4CCOCC4)nc(NC(C)C)c3C2)nc1. The third kappa shape index (κ3) is 4.01. The topological polar surface area (TPSA) is 79.3 Å². The fourth-order valence-corrected chi connectivity index (χ4v) is 3.56. The van der Waals surface area contributed by atoms with Gasteiger partial charge in [0, 0.05) is 50.1 Å². The molecule has 2 aromatic heterocycles. The summed E-state index contributed by atoms with van der Waals surface area (Å²) in [6, 6.07) is 0.298. The van der Waals surface area contributed by atoms with E-state index in [4.69, 9.17) is 14.7 Å². The van der Waals surface area contributed by atoms with Gasteiger partial charge in [0.1, 0.15) is 5.82 Å². The van der Waals surface area contributed by atoms with Crippen LogP contribution in [0.2, 0.25) is 0 Å². The maximum Gasteiger partial charge on any atom is 0.227 e. The van der Waals surface area contributed by atoms with E-state index in [0.29, 0.717) is 6.04 Å². The van der Waals surface area contributed by atoms with Crippen LogP contribution in [0.4, 0.5) is 17.7 Å². The zero-order valence-corrected chi connectivity index (χ0v) is 17.0. The quantitative estimate of drug-likeness (QED) is 0.840. The summed E-state index contributed by atoms with van der Waals surface area (Å²) in [7, 11) is 0. The Morgan fingerprint density at radius 2 is 1.79 bits per heavy atom. The average Bonchev–Trinajstić information content (AvgIpc) is 2.73. The summed E-state index contributed by atoms with van der Waals surface area (Å²) in [6.07, 6.45) is 5.65. The molecule has 2 aromatic rings. The normalized spacial score (nSPS) is 17.0. The van der Waals surface area contributed by atoms with Gasteiger partial charge in [-0.15, -0.1) is 0 Å². The van der Waals surface area contributed by atoms with E-state index in [2.05, 4.69) is 45.9 Å². The molecule has 0 radical (unpaired) electrons. The van der Waals surface area contributed by atoms with Crippen molar-refractivity contribution in [2.24, 2.45) is 0 Å². The number of aromatic nitrogens is 4. The van der Waals surface area contributed by atoms with Crippen LogP contribution in [0.5, 0.6) is 0 Å². The molecular formula is C20H29N7O. The minimum Gasteiger partial charge on any atom is -0.378 e. The maximum absolute atomic E-state index is 5.47. The van der Waals surface area contributed by atoms with E-state index in [0.717, 1.165) is 86.8 Å². The number of nitrogens with zero attached hydrogens (tertiary/aromatic N) is 6. The Kier molecular flexibility index (Phi) is 5.57. The van der Waals surface area contributed by atoms with Crippen LogP contribution in [0.15, 0.2) is 12.4 Å². The smallest absolute Gasteiger partial charge is 0.227 e. The molecule has 1 N–H and O–H groups in total. The van der Waals surface area contributed by atoms with Crippen molar-refractivity contribution in [3.8, 4) is 0 Å². The third-order valence-electron chi connectivity index (χ3n) is 5.15. The van der Waals surface area contributed by atoms with Gasteiger partial charge in [0.05, 0.1) is 25.5 Å². The van der Waals surface area contributed by atoms with Gasteiger partial charge in [-0.1, -0.05) is 6.92 Å². The third-order valence-corrected chi connectivity index (χ3v) is 5.15. The Morgan fingerprint density at radius 1 is 1.04 bits per heavy atom. The number of anilines is 3. The molecule has 0 saturated carbocycles. The second-order valence-electron chi connectivity index (χ2n) is 7.61. The zero-order valence-electron chi connectivity index (χ0n) is 17.0. The molecule has 0 unspecified atom stereocenters. The van der Waals surface area contributed by atoms with Gasteiger partial charge in [-0.2, -0.15) is 4.98 Å². The molecule has 0 aromatic carbocycles. The van der Waals surface area contributed by atoms with E-state index in [1.54, 1.807) is 0 Å². The van der Waals surface area contributed by atoms with Gasteiger partial charge in [0.15, 0.2) is 0 Å². The molecule has 0 aliphatic carbocycles. The van der Waals surface area contributed by atoms with Crippen molar-refractivity contribution in [1.82, 2.24) is 19.9 Å². The molecule has 4 heterocycles. The van der Waals surface area contributed by atoms with Crippen LogP contribution in [0.25, 0.3) is 0 Å². The Bertz CT molecular complexity index is 803. The van der Waals surface area contributed by atoms with Crippen LogP contribution in [-0.4, -0.2) is 58.8 Å². The average molecular weight is 384 g/mol. The first kappa shape index (κ1) is 18.9. The number of fused-ring (bicyclic) bond motifs is 1. The van der Waals surface area contributed by atoms with Gasteiger partial charge < -0.3 is 19.9 Å². The fraction of sp³-hybridized carbons (Fsp3) is 0.600. The van der Waals surface area contributed by atoms with Crippen LogP contribution in [0, 0.1) is 0 Å². The molecule has 8 nitrogen and oxygen atoms in total. The predicted molar refractivity (Wildman–Crippen MR) is 110 cm³/mol. The first-order valence-electron chi connectivity index (χ1n) is 10.2. The lowest BCUT2D eigenvalue weighted by Crippen LogP contribution is -2.39. The second-order valence-corrected chi connectivity index (χ2v) is 7.61. The van der Waals surface area contributed by atoms with Crippen LogP contribution in [-0.2, 0) is 24.1 Å². The van der Waals surface area contributed by atoms with Gasteiger partial charge in [0.2, 0.25) is 11.9 Å². The van der Waals surface area contributed by atoms with E-state index in [-0.39, 0.29) is 0 Å². The highest BCUT2D eigenvalue weighted by molar-refractivity contribution is 5.55. The lowest BCUT2D eigenvalue weighted by molar-refractivity contribution is 0.122. The molecule has 0 atom stereocenters. The zero-order chi connectivity index (χ0) is 19.5. The largest absolute Gasteiger partial charge is 0.378 e. The maximum atomic E-state index is 5.47. The van der Waals surface area contributed by atoms with E-state index < -0.39 is 0 Å². The summed E-state index contributed by atoms with van der Waals surface area (Å²) < 4.78 is 5.47. The van der Waals surface area contributed by atoms with Crippen LogP contribution in [0.3, 0.4) is 0 Å². The Morgan fingerprint density at radius 3 is 2.46 bits per heavy atom. The van der Waals surface area contributed by atoms with E-state index in [1.165, 1.54) is 0 Å². The molecule has 4 rings (SSSR count). The van der Waals surface area contributed by atoms with Crippen LogP contribution >= 0.6 is 0 Å². The molecule has 2 aliphatic rings. The number of ether oxygens (including phenoxy) is 1. The monoisotopic (exact) mass is 383 g/mol. The van der Waals surface area contributed by atoms with Gasteiger partial charge in [-0.05, 0) is 25.8 Å². The highest BCUT2D eigenvalue weighted by atomic mass is 16.5. The summed E-state index contributed by atoms with van der Waals surface area (Å²) >= 11 is 0. The number of hydrogen-bond donors (Lipinski definition) is 1. The van der Waals surface area contributed by atoms with Crippen molar-refractivity contribution in [2.45, 2.75) is 46.2 Å². The number of aryl methyl sites for hydroxylation is 1. The molecule has 0 bridgehead atoms. The van der Waals surface area contributed by atoms with E-state index in [1.807, 2.05) is 12.4 Å². The summed E-state index contributed by atoms with van der Waals surface area (Å²) in [5, 5.41) is 3.53. The summed E-state index contributed by atoms with van der Waals surface area (Å²) in [4.78, 5) is 23.3. The van der Waals surface area contributed by atoms with Crippen molar-refractivity contribution >= 4 is 17.7 Å². The Balaban J connectivity index is 1.63. The second kappa shape index (κ2) is 8.26. The molecule has 8 heteroatoms. The fourth-order valence-electron chi connectivity index (χ4n) is 3.56. The first-order valence-corrected chi connectivity index (χ1v) is 10.2. The van der Waals surface area contributed by atoms with Crippen LogP contribution < -0.4 is 15.1 Å². The lowest BCUT2D eigenvalue weighted by atomic mass is 10.1. The van der Waals surface area contributed by atoms with Crippen molar-refractivity contribution < 1.29 is 4.74 Å². The van der Waals surface area contributed by atoms with Gasteiger partial charge in [0.25, 0.3) is 0 Å². The van der Waals surface area contributed by atoms with Crippen molar-refractivity contribution in [2.75, 3.05) is 48.0 Å². The number of morpholine rings is 1. The molecule has 0 amide bonds. The summed E-state index contributed by atoms with van der Waals surface area (Å²) in [5.41, 5.74) is 3.43. The lowest BCUT2D eigenvalue weighted by Gasteiger charge is -2.32. The molecule has 1 saturated heterocycles. The van der Waals surface area contributed by atoms with E-state index in [9.17, 15) is 0 Å².